The molecule has 1 aliphatic carbocycles. The van der Waals surface area contributed by atoms with E-state index in [0.29, 0.717) is 0 Å². The number of hydrogen-bond donors (Lipinski definition) is 1. The summed E-state index contributed by atoms with van der Waals surface area (Å²) < 4.78 is 0. The molecular weight excluding hydrogens is 126 g/mol. The van der Waals surface area contributed by atoms with Crippen molar-refractivity contribution >= 4 is 6.29 Å². The Balaban J connectivity index is 2.50. The van der Waals surface area contributed by atoms with E-state index in [1.54, 1.807) is 0 Å². The van der Waals surface area contributed by atoms with Gasteiger partial charge in [0.15, 0.2) is 0 Å². The van der Waals surface area contributed by atoms with E-state index in [4.69, 9.17) is 5.73 Å². The third-order valence-corrected chi connectivity index (χ3v) is 1.67. The largest absolute Gasteiger partial charge is 0.321 e. The lowest BCUT2D eigenvalue weighted by atomic mass is 9.94. The van der Waals surface area contributed by atoms with Crippen molar-refractivity contribution < 1.29 is 4.79 Å². The normalized spacial score (nSPS) is 26.3. The molecule has 2 nitrogen and oxygen atoms in total. The summed E-state index contributed by atoms with van der Waals surface area (Å²) in [6.07, 6.45) is 9.57. The van der Waals surface area contributed by atoms with Gasteiger partial charge < -0.3 is 10.5 Å². The number of carbonyl (C=O) groups is 1. The minimum Gasteiger partial charge on any atom is -0.321 e. The molecule has 0 aromatic heterocycles. The number of rotatable bonds is 2. The van der Waals surface area contributed by atoms with Crippen LogP contribution in [0.3, 0.4) is 0 Å². The van der Waals surface area contributed by atoms with Crippen molar-refractivity contribution in [1.82, 2.24) is 0 Å². The summed E-state index contributed by atoms with van der Waals surface area (Å²) in [5.74, 6) is 0.211. The van der Waals surface area contributed by atoms with Crippen molar-refractivity contribution in [1.29, 1.82) is 0 Å². The first-order valence-corrected chi connectivity index (χ1v) is 3.39. The van der Waals surface area contributed by atoms with Gasteiger partial charge in [-0.1, -0.05) is 24.3 Å². The molecule has 0 aromatic carbocycles. The third-order valence-electron chi connectivity index (χ3n) is 1.67. The van der Waals surface area contributed by atoms with Crippen molar-refractivity contribution in [3.8, 4) is 0 Å². The van der Waals surface area contributed by atoms with Gasteiger partial charge >= 0.3 is 0 Å². The molecule has 1 unspecified atom stereocenters. The third kappa shape index (κ3) is 1.54. The zero-order chi connectivity index (χ0) is 7.40. The first-order chi connectivity index (χ1) is 4.84. The second kappa shape index (κ2) is 3.32. The highest BCUT2D eigenvalue weighted by atomic mass is 16.1. The minimum absolute atomic E-state index is 0.211. The molecular formula is C8H11NO. The Morgan fingerprint density at radius 3 is 2.90 bits per heavy atom. The molecule has 1 rings (SSSR count). The molecule has 0 bridgehead atoms. The van der Waals surface area contributed by atoms with Crippen LogP contribution < -0.4 is 5.73 Å². The summed E-state index contributed by atoms with van der Waals surface area (Å²) in [5, 5.41) is 0. The van der Waals surface area contributed by atoms with Crippen molar-refractivity contribution in [3.05, 3.63) is 24.3 Å². The molecule has 2 N–H and O–H groups in total. The van der Waals surface area contributed by atoms with E-state index in [0.717, 1.165) is 12.7 Å². The predicted molar refractivity (Wildman–Crippen MR) is 40.4 cm³/mol. The molecule has 54 valence electrons. The van der Waals surface area contributed by atoms with E-state index >= 15 is 0 Å². The maximum Gasteiger partial charge on any atom is 0.137 e. The number of nitrogens with two attached hydrogens (primary N) is 1. The lowest BCUT2D eigenvalue weighted by molar-refractivity contribution is -0.109. The molecule has 1 aliphatic rings. The highest BCUT2D eigenvalue weighted by Gasteiger charge is 2.12. The summed E-state index contributed by atoms with van der Waals surface area (Å²) in [5.41, 5.74) is 5.49. The molecule has 10 heavy (non-hydrogen) atoms. The lowest BCUT2D eigenvalue weighted by Gasteiger charge is -2.14. The van der Waals surface area contributed by atoms with Crippen LogP contribution in [0.5, 0.6) is 0 Å². The standard InChI is InChI=1S/C8H11NO/c9-8(6-10)7-4-2-1-3-5-7/h1-4,6-8H,5,9H2/t7?,8-/m0/s1. The van der Waals surface area contributed by atoms with Gasteiger partial charge in [-0.15, -0.1) is 0 Å². The van der Waals surface area contributed by atoms with Gasteiger partial charge in [-0.05, 0) is 6.42 Å². The number of carbonyl (C=O) groups excluding carboxylic acids is 1. The summed E-state index contributed by atoms with van der Waals surface area (Å²) in [6, 6.07) is -0.332. The fourth-order valence-electron chi connectivity index (χ4n) is 0.986. The fourth-order valence-corrected chi connectivity index (χ4v) is 0.986. The lowest BCUT2D eigenvalue weighted by Crippen LogP contribution is -2.30. The topological polar surface area (TPSA) is 43.1 Å². The van der Waals surface area contributed by atoms with Crippen LogP contribution in [0.4, 0.5) is 0 Å². The van der Waals surface area contributed by atoms with Crippen LogP contribution in [-0.4, -0.2) is 12.3 Å². The summed E-state index contributed by atoms with van der Waals surface area (Å²) >= 11 is 0. The van der Waals surface area contributed by atoms with Gasteiger partial charge in [0.25, 0.3) is 0 Å². The van der Waals surface area contributed by atoms with Crippen LogP contribution in [0.1, 0.15) is 6.42 Å². The summed E-state index contributed by atoms with van der Waals surface area (Å²) in [6.45, 7) is 0. The van der Waals surface area contributed by atoms with Gasteiger partial charge in [0.1, 0.15) is 6.29 Å². The average Bonchev–Trinajstić information content (AvgIpc) is 2.05. The molecule has 0 heterocycles. The first kappa shape index (κ1) is 7.22. The van der Waals surface area contributed by atoms with Crippen molar-refractivity contribution in [2.75, 3.05) is 0 Å². The molecule has 2 heteroatoms. The van der Waals surface area contributed by atoms with Crippen LogP contribution in [0, 0.1) is 5.92 Å². The zero-order valence-electron chi connectivity index (χ0n) is 5.73. The predicted octanol–water partition coefficient (Wildman–Crippen LogP) is 0.645. The summed E-state index contributed by atoms with van der Waals surface area (Å²) in [7, 11) is 0. The van der Waals surface area contributed by atoms with E-state index in [2.05, 4.69) is 0 Å². The van der Waals surface area contributed by atoms with Crippen molar-refractivity contribution in [3.63, 3.8) is 0 Å². The van der Waals surface area contributed by atoms with Gasteiger partial charge in [0, 0.05) is 5.92 Å². The molecule has 0 radical (unpaired) electrons. The quantitative estimate of drug-likeness (QED) is 0.568. The van der Waals surface area contributed by atoms with E-state index in [9.17, 15) is 4.79 Å². The van der Waals surface area contributed by atoms with Crippen LogP contribution in [0.2, 0.25) is 0 Å². The van der Waals surface area contributed by atoms with Crippen LogP contribution in [0.15, 0.2) is 24.3 Å². The van der Waals surface area contributed by atoms with E-state index in [1.165, 1.54) is 0 Å². The second-order valence-corrected chi connectivity index (χ2v) is 2.43. The van der Waals surface area contributed by atoms with Gasteiger partial charge in [-0.2, -0.15) is 0 Å². The van der Waals surface area contributed by atoms with E-state index < -0.39 is 0 Å². The zero-order valence-corrected chi connectivity index (χ0v) is 5.73. The molecule has 0 aliphatic heterocycles. The van der Waals surface area contributed by atoms with Crippen LogP contribution >= 0.6 is 0 Å². The molecule has 0 aromatic rings. The van der Waals surface area contributed by atoms with Gasteiger partial charge in [-0.25, -0.2) is 0 Å². The highest BCUT2D eigenvalue weighted by molar-refractivity contribution is 5.58. The Morgan fingerprint density at radius 1 is 1.60 bits per heavy atom. The van der Waals surface area contributed by atoms with Crippen molar-refractivity contribution in [2.45, 2.75) is 12.5 Å². The SMILES string of the molecule is N[C@@H](C=O)C1C=CC=CC1. The first-order valence-electron chi connectivity index (χ1n) is 3.39. The molecule has 0 saturated heterocycles. The highest BCUT2D eigenvalue weighted by Crippen LogP contribution is 2.12. The molecule has 0 fully saturated rings. The molecule has 2 atom stereocenters. The smallest absolute Gasteiger partial charge is 0.137 e. The summed E-state index contributed by atoms with van der Waals surface area (Å²) in [4.78, 5) is 10.2. The maximum absolute atomic E-state index is 10.2. The van der Waals surface area contributed by atoms with E-state index in [-0.39, 0.29) is 12.0 Å². The Bertz CT molecular complexity index is 172. The van der Waals surface area contributed by atoms with E-state index in [1.807, 2.05) is 24.3 Å². The van der Waals surface area contributed by atoms with Gasteiger partial charge in [-0.3, -0.25) is 0 Å². The molecule has 0 saturated carbocycles. The monoisotopic (exact) mass is 137 g/mol. The number of aldehydes is 1. The van der Waals surface area contributed by atoms with Crippen molar-refractivity contribution in [2.24, 2.45) is 11.7 Å². The van der Waals surface area contributed by atoms with Crippen LogP contribution in [0.25, 0.3) is 0 Å². The van der Waals surface area contributed by atoms with Gasteiger partial charge in [0.05, 0.1) is 6.04 Å². The Labute approximate surface area is 60.4 Å². The molecule has 0 amide bonds. The van der Waals surface area contributed by atoms with Crippen LogP contribution in [-0.2, 0) is 4.79 Å². The number of hydrogen-bond acceptors (Lipinski definition) is 2. The Hall–Kier alpha value is -0.890. The Kier molecular flexibility index (Phi) is 2.40. The fraction of sp³-hybridized carbons (Fsp3) is 0.375. The maximum atomic E-state index is 10.2. The van der Waals surface area contributed by atoms with Gasteiger partial charge in [0.2, 0.25) is 0 Å². The minimum atomic E-state index is -0.332. The average molecular weight is 137 g/mol. The molecule has 0 spiro atoms. The number of allylic oxidation sites excluding steroid dienone is 3. The second-order valence-electron chi connectivity index (χ2n) is 2.43. The Morgan fingerprint density at radius 2 is 2.40 bits per heavy atom.